The van der Waals surface area contributed by atoms with Gasteiger partial charge < -0.3 is 4.90 Å². The quantitative estimate of drug-likeness (QED) is 0.784. The van der Waals surface area contributed by atoms with Gasteiger partial charge in [-0.25, -0.2) is 9.59 Å². The fourth-order valence-electron chi connectivity index (χ4n) is 5.82. The summed E-state index contributed by atoms with van der Waals surface area (Å²) >= 11 is 0. The van der Waals surface area contributed by atoms with E-state index >= 15 is 0 Å². The Balaban J connectivity index is 1.94. The van der Waals surface area contributed by atoms with E-state index in [1.807, 2.05) is 21.6 Å². The third-order valence-electron chi connectivity index (χ3n) is 6.89. The predicted octanol–water partition coefficient (Wildman–Crippen LogP) is 2.36. The molecule has 5 aliphatic rings. The molecular formula is C17H28N4O2. The molecule has 4 amide bonds. The molecule has 0 aromatic rings. The minimum atomic E-state index is -0.265. The third-order valence-corrected chi connectivity index (χ3v) is 6.89. The standard InChI is InChI=1S/C17H28N4O2/c1-6-12-17(5)11(4)8-10(3)9-19-13-14(20(12)15(19)22)21(17)16(23)18(13)7-2/h10-14H,6-9H2,1-5H3/t10-,11+,12-,13?,14?,17-/m0/s1. The van der Waals surface area contributed by atoms with Gasteiger partial charge in [-0.3, -0.25) is 14.7 Å². The summed E-state index contributed by atoms with van der Waals surface area (Å²) in [5.74, 6) is 0.834. The van der Waals surface area contributed by atoms with Crippen molar-refractivity contribution in [1.29, 1.82) is 0 Å². The van der Waals surface area contributed by atoms with Gasteiger partial charge in [0.05, 0.1) is 11.6 Å². The highest BCUT2D eigenvalue weighted by Crippen LogP contribution is 2.53. The number of carbonyl (C=O) groups excluding carboxylic acids is 2. The van der Waals surface area contributed by atoms with Crippen molar-refractivity contribution in [2.24, 2.45) is 11.8 Å². The van der Waals surface area contributed by atoms with Gasteiger partial charge in [0.25, 0.3) is 0 Å². The van der Waals surface area contributed by atoms with E-state index in [9.17, 15) is 9.59 Å². The van der Waals surface area contributed by atoms with E-state index in [0.717, 1.165) is 19.4 Å². The summed E-state index contributed by atoms with van der Waals surface area (Å²) in [6.45, 7) is 12.3. The Morgan fingerprint density at radius 3 is 2.43 bits per heavy atom. The summed E-state index contributed by atoms with van der Waals surface area (Å²) in [7, 11) is 0. The molecule has 0 aliphatic carbocycles. The van der Waals surface area contributed by atoms with Gasteiger partial charge in [0, 0.05) is 13.1 Å². The normalized spacial score (nSPS) is 45.2. The first-order valence-corrected chi connectivity index (χ1v) is 9.06. The van der Waals surface area contributed by atoms with Crippen LogP contribution in [-0.2, 0) is 0 Å². The molecule has 5 fully saturated rings. The average molecular weight is 320 g/mol. The SMILES string of the molecule is CC[C@@H]1N2C(=O)N3C[C@@H](C)C[C@@H](C)[C@]1(C)N1C(=O)N(CC)C3C21. The van der Waals surface area contributed by atoms with E-state index in [1.54, 1.807) is 0 Å². The lowest BCUT2D eigenvalue weighted by molar-refractivity contribution is 0.0845. The van der Waals surface area contributed by atoms with Crippen LogP contribution in [0.4, 0.5) is 9.59 Å². The van der Waals surface area contributed by atoms with Crippen molar-refractivity contribution >= 4 is 12.1 Å². The zero-order valence-electron chi connectivity index (χ0n) is 14.8. The summed E-state index contributed by atoms with van der Waals surface area (Å²) < 4.78 is 0. The molecule has 5 aliphatic heterocycles. The lowest BCUT2D eigenvalue weighted by atomic mass is 9.75. The number of amides is 4. The molecule has 5 rings (SSSR count). The number of carbonyl (C=O) groups is 2. The number of rotatable bonds is 2. The van der Waals surface area contributed by atoms with Gasteiger partial charge in [0.2, 0.25) is 0 Å². The van der Waals surface area contributed by atoms with E-state index in [-0.39, 0.29) is 36.0 Å². The van der Waals surface area contributed by atoms with Crippen molar-refractivity contribution in [3.8, 4) is 0 Å². The highest BCUT2D eigenvalue weighted by Gasteiger charge is 2.72. The second-order valence-corrected chi connectivity index (χ2v) is 8.00. The van der Waals surface area contributed by atoms with Crippen molar-refractivity contribution in [3.05, 3.63) is 0 Å². The molecule has 6 atom stereocenters. The molecular weight excluding hydrogens is 292 g/mol. The second kappa shape index (κ2) is 4.54. The first-order valence-electron chi connectivity index (χ1n) is 9.06. The molecule has 0 aromatic heterocycles. The fraction of sp³-hybridized carbons (Fsp3) is 0.882. The summed E-state index contributed by atoms with van der Waals surface area (Å²) in [6, 6.07) is 0.369. The zero-order chi connectivity index (χ0) is 16.7. The molecule has 128 valence electrons. The van der Waals surface area contributed by atoms with Crippen LogP contribution in [0.3, 0.4) is 0 Å². The molecule has 5 saturated heterocycles. The Morgan fingerprint density at radius 2 is 1.83 bits per heavy atom. The minimum absolute atomic E-state index is 0.0994. The Labute approximate surface area is 138 Å². The van der Waals surface area contributed by atoms with Crippen molar-refractivity contribution < 1.29 is 9.59 Å². The number of likely N-dealkylation sites (N-methyl/N-ethyl adjacent to an activating group) is 1. The van der Waals surface area contributed by atoms with E-state index in [0.29, 0.717) is 18.4 Å². The maximum atomic E-state index is 13.2. The summed E-state index contributed by atoms with van der Waals surface area (Å²) in [5, 5.41) is 0. The number of urea groups is 2. The number of fused-ring (bicyclic) bond motifs is 3. The summed E-state index contributed by atoms with van der Waals surface area (Å²) in [4.78, 5) is 34.3. The topological polar surface area (TPSA) is 47.1 Å². The van der Waals surface area contributed by atoms with Gasteiger partial charge in [-0.1, -0.05) is 20.8 Å². The van der Waals surface area contributed by atoms with Crippen LogP contribution in [0, 0.1) is 11.8 Å². The smallest absolute Gasteiger partial charge is 0.300 e. The molecule has 6 heteroatoms. The van der Waals surface area contributed by atoms with Gasteiger partial charge in [0.1, 0.15) is 6.17 Å². The van der Waals surface area contributed by atoms with E-state index in [2.05, 4.69) is 32.6 Å². The first kappa shape index (κ1) is 15.1. The lowest BCUT2D eigenvalue weighted by Crippen LogP contribution is -2.56. The van der Waals surface area contributed by atoms with E-state index in [1.165, 1.54) is 0 Å². The van der Waals surface area contributed by atoms with Crippen LogP contribution in [0.1, 0.15) is 47.5 Å². The van der Waals surface area contributed by atoms with Gasteiger partial charge in [-0.05, 0) is 38.5 Å². The zero-order valence-corrected chi connectivity index (χ0v) is 14.8. The third kappa shape index (κ3) is 1.50. The molecule has 6 bridgehead atoms. The number of nitrogens with zero attached hydrogens (tertiary/aromatic N) is 4. The molecule has 0 aromatic carbocycles. The second-order valence-electron chi connectivity index (χ2n) is 8.00. The Bertz CT molecular complexity index is 567. The molecule has 6 nitrogen and oxygen atoms in total. The molecule has 0 saturated carbocycles. The maximum Gasteiger partial charge on any atom is 0.324 e. The van der Waals surface area contributed by atoms with Crippen LogP contribution in [0.2, 0.25) is 0 Å². The van der Waals surface area contributed by atoms with Gasteiger partial charge in [-0.15, -0.1) is 0 Å². The molecule has 23 heavy (non-hydrogen) atoms. The van der Waals surface area contributed by atoms with Crippen LogP contribution in [0.5, 0.6) is 0 Å². The van der Waals surface area contributed by atoms with Gasteiger partial charge in [0.15, 0.2) is 6.17 Å². The molecule has 0 radical (unpaired) electrons. The highest BCUT2D eigenvalue weighted by molar-refractivity contribution is 5.88. The largest absolute Gasteiger partial charge is 0.324 e. The number of hydrogen-bond acceptors (Lipinski definition) is 2. The lowest BCUT2D eigenvalue weighted by Gasteiger charge is -2.43. The van der Waals surface area contributed by atoms with Crippen LogP contribution < -0.4 is 0 Å². The van der Waals surface area contributed by atoms with Crippen LogP contribution in [0.15, 0.2) is 0 Å². The van der Waals surface area contributed by atoms with Crippen LogP contribution >= 0.6 is 0 Å². The molecule has 5 heterocycles. The van der Waals surface area contributed by atoms with Gasteiger partial charge >= 0.3 is 12.1 Å². The monoisotopic (exact) mass is 320 g/mol. The van der Waals surface area contributed by atoms with Crippen molar-refractivity contribution in [2.75, 3.05) is 13.1 Å². The Morgan fingerprint density at radius 1 is 1.13 bits per heavy atom. The van der Waals surface area contributed by atoms with Crippen molar-refractivity contribution in [1.82, 2.24) is 19.6 Å². The number of hydrogen-bond donors (Lipinski definition) is 0. The van der Waals surface area contributed by atoms with E-state index < -0.39 is 0 Å². The maximum absolute atomic E-state index is 13.2. The summed E-state index contributed by atoms with van der Waals surface area (Å²) in [6.07, 6.45) is 1.75. The van der Waals surface area contributed by atoms with Crippen LogP contribution in [0.25, 0.3) is 0 Å². The van der Waals surface area contributed by atoms with Crippen LogP contribution in [-0.4, -0.2) is 68.7 Å². The van der Waals surface area contributed by atoms with Gasteiger partial charge in [-0.2, -0.15) is 0 Å². The fourth-order valence-corrected chi connectivity index (χ4v) is 5.82. The molecule has 0 N–H and O–H groups in total. The van der Waals surface area contributed by atoms with Crippen molar-refractivity contribution in [3.63, 3.8) is 0 Å². The highest BCUT2D eigenvalue weighted by atomic mass is 16.2. The molecule has 0 spiro atoms. The van der Waals surface area contributed by atoms with E-state index in [4.69, 9.17) is 0 Å². The molecule has 2 unspecified atom stereocenters. The van der Waals surface area contributed by atoms with Crippen molar-refractivity contribution in [2.45, 2.75) is 71.4 Å². The Kier molecular flexibility index (Phi) is 2.98. The first-order chi connectivity index (χ1) is 10.9. The predicted molar refractivity (Wildman–Crippen MR) is 86.6 cm³/mol. The Hall–Kier alpha value is -1.46. The summed E-state index contributed by atoms with van der Waals surface area (Å²) in [5.41, 5.74) is -0.265. The minimum Gasteiger partial charge on any atom is -0.300 e. The average Bonchev–Trinajstić information content (AvgIpc) is 3.04.